The second-order valence-electron chi connectivity index (χ2n) is 4.71. The summed E-state index contributed by atoms with van der Waals surface area (Å²) in [7, 11) is 0. The van der Waals surface area contributed by atoms with Gasteiger partial charge in [-0.3, -0.25) is 4.79 Å². The molecule has 5 nitrogen and oxygen atoms in total. The first kappa shape index (κ1) is 15.1. The largest absolute Gasteiger partial charge is 0.349 e. The molecule has 0 aliphatic rings. The predicted molar refractivity (Wildman–Crippen MR) is 81.8 cm³/mol. The molecule has 2 aromatic rings. The lowest BCUT2D eigenvalue weighted by Crippen LogP contribution is -2.24. The third kappa shape index (κ3) is 4.09. The summed E-state index contributed by atoms with van der Waals surface area (Å²) in [5.74, 6) is 0.376. The van der Waals surface area contributed by atoms with Crippen molar-refractivity contribution in [1.82, 2.24) is 15.3 Å². The molecule has 0 atom stereocenters. The highest BCUT2D eigenvalue weighted by Crippen LogP contribution is 2.17. The molecular formula is C13H18N4OS2. The minimum Gasteiger partial charge on any atom is -0.349 e. The van der Waals surface area contributed by atoms with E-state index >= 15 is 0 Å². The molecule has 0 aliphatic heterocycles. The summed E-state index contributed by atoms with van der Waals surface area (Å²) in [6.07, 6.45) is 0.291. The molecule has 20 heavy (non-hydrogen) atoms. The lowest BCUT2D eigenvalue weighted by molar-refractivity contribution is -0.120. The number of carbonyl (C=O) groups is 1. The summed E-state index contributed by atoms with van der Waals surface area (Å²) in [6.45, 7) is 5.11. The third-order valence-electron chi connectivity index (χ3n) is 2.71. The van der Waals surface area contributed by atoms with Crippen molar-refractivity contribution >= 4 is 28.6 Å². The minimum atomic E-state index is -0.0415. The first-order valence-corrected chi connectivity index (χ1v) is 8.18. The van der Waals surface area contributed by atoms with Crippen LogP contribution in [-0.2, 0) is 24.3 Å². The molecule has 0 saturated carbocycles. The van der Waals surface area contributed by atoms with Gasteiger partial charge in [0.1, 0.15) is 10.0 Å². The summed E-state index contributed by atoms with van der Waals surface area (Å²) in [4.78, 5) is 20.6. The highest BCUT2D eigenvalue weighted by atomic mass is 32.1. The molecule has 0 fully saturated rings. The third-order valence-corrected chi connectivity index (χ3v) is 4.50. The second-order valence-corrected chi connectivity index (χ2v) is 6.60. The Kier molecular flexibility index (Phi) is 5.22. The zero-order valence-electron chi connectivity index (χ0n) is 11.5. The lowest BCUT2D eigenvalue weighted by atomic mass is 10.2. The van der Waals surface area contributed by atoms with Crippen molar-refractivity contribution in [3.05, 3.63) is 32.2 Å². The number of nitrogens with zero attached hydrogens (tertiary/aromatic N) is 2. The fourth-order valence-electron chi connectivity index (χ4n) is 1.60. The highest BCUT2D eigenvalue weighted by Gasteiger charge is 2.09. The van der Waals surface area contributed by atoms with Crippen LogP contribution in [0.2, 0.25) is 0 Å². The second kappa shape index (κ2) is 6.92. The zero-order chi connectivity index (χ0) is 14.5. The Bertz CT molecular complexity index is 576. The van der Waals surface area contributed by atoms with Gasteiger partial charge in [0, 0.05) is 17.3 Å². The van der Waals surface area contributed by atoms with E-state index < -0.39 is 0 Å². The van der Waals surface area contributed by atoms with Crippen molar-refractivity contribution in [2.75, 3.05) is 0 Å². The summed E-state index contributed by atoms with van der Waals surface area (Å²) in [6, 6.07) is 0. The van der Waals surface area contributed by atoms with E-state index in [1.54, 1.807) is 11.3 Å². The standard InChI is InChI=1S/C13H18N4OS2/c1-8(2)10-7-20-13(17-10)5-15-11(18)3-9-6-19-12(4-14)16-9/h6-8H,3-5,14H2,1-2H3,(H,15,18). The topological polar surface area (TPSA) is 80.9 Å². The number of hydrogen-bond donors (Lipinski definition) is 2. The summed E-state index contributed by atoms with van der Waals surface area (Å²) >= 11 is 3.06. The Hall–Kier alpha value is -1.31. The van der Waals surface area contributed by atoms with Gasteiger partial charge >= 0.3 is 0 Å². The Labute approximate surface area is 126 Å². The molecule has 0 aromatic carbocycles. The van der Waals surface area contributed by atoms with Gasteiger partial charge in [0.15, 0.2) is 0 Å². The van der Waals surface area contributed by atoms with Crippen LogP contribution in [0.4, 0.5) is 0 Å². The van der Waals surface area contributed by atoms with E-state index in [2.05, 4.69) is 29.1 Å². The molecular weight excluding hydrogens is 292 g/mol. The van der Waals surface area contributed by atoms with Gasteiger partial charge in [-0.1, -0.05) is 13.8 Å². The average Bonchev–Trinajstić information content (AvgIpc) is 3.05. The first-order valence-electron chi connectivity index (χ1n) is 6.42. The van der Waals surface area contributed by atoms with Crippen LogP contribution in [0.3, 0.4) is 0 Å². The Morgan fingerprint density at radius 1 is 1.30 bits per heavy atom. The van der Waals surface area contributed by atoms with Gasteiger partial charge in [0.05, 0.1) is 24.4 Å². The Balaban J connectivity index is 1.82. The Morgan fingerprint density at radius 2 is 2.05 bits per heavy atom. The molecule has 3 N–H and O–H groups in total. The van der Waals surface area contributed by atoms with Gasteiger partial charge in [-0.05, 0) is 5.92 Å². The van der Waals surface area contributed by atoms with Crippen molar-refractivity contribution < 1.29 is 4.79 Å². The smallest absolute Gasteiger partial charge is 0.226 e. The van der Waals surface area contributed by atoms with Gasteiger partial charge in [-0.25, -0.2) is 9.97 Å². The molecule has 0 bridgehead atoms. The molecule has 7 heteroatoms. The fourth-order valence-corrected chi connectivity index (χ4v) is 3.17. The maximum Gasteiger partial charge on any atom is 0.226 e. The molecule has 2 rings (SSSR count). The van der Waals surface area contributed by atoms with Crippen LogP contribution in [0.15, 0.2) is 10.8 Å². The number of aromatic nitrogens is 2. The van der Waals surface area contributed by atoms with Gasteiger partial charge in [0.2, 0.25) is 5.91 Å². The van der Waals surface area contributed by atoms with Crippen LogP contribution < -0.4 is 11.1 Å². The quantitative estimate of drug-likeness (QED) is 0.855. The number of nitrogens with one attached hydrogen (secondary N) is 1. The number of amides is 1. The van der Waals surface area contributed by atoms with Crippen LogP contribution in [-0.4, -0.2) is 15.9 Å². The minimum absolute atomic E-state index is 0.0415. The molecule has 108 valence electrons. The van der Waals surface area contributed by atoms with E-state index in [9.17, 15) is 4.79 Å². The SMILES string of the molecule is CC(C)c1csc(CNC(=O)Cc2csc(CN)n2)n1. The summed E-state index contributed by atoms with van der Waals surface area (Å²) in [5.41, 5.74) is 7.34. The first-order chi connectivity index (χ1) is 9.58. The van der Waals surface area contributed by atoms with Gasteiger partial charge in [0.25, 0.3) is 0 Å². The molecule has 0 unspecified atom stereocenters. The maximum absolute atomic E-state index is 11.8. The normalized spacial score (nSPS) is 11.0. The van der Waals surface area contributed by atoms with E-state index in [1.807, 2.05) is 10.8 Å². The monoisotopic (exact) mass is 310 g/mol. The Morgan fingerprint density at radius 3 is 2.65 bits per heavy atom. The van der Waals surface area contributed by atoms with E-state index in [4.69, 9.17) is 5.73 Å². The van der Waals surface area contributed by atoms with E-state index in [0.717, 1.165) is 21.4 Å². The van der Waals surface area contributed by atoms with Crippen LogP contribution in [0.1, 0.15) is 41.2 Å². The summed E-state index contributed by atoms with van der Waals surface area (Å²) < 4.78 is 0. The number of carbonyl (C=O) groups excluding carboxylic acids is 1. The molecule has 2 aromatic heterocycles. The van der Waals surface area contributed by atoms with Crippen molar-refractivity contribution in [2.24, 2.45) is 5.73 Å². The number of nitrogens with two attached hydrogens (primary N) is 1. The molecule has 1 amide bonds. The van der Waals surface area contributed by atoms with Gasteiger partial charge in [-0.15, -0.1) is 22.7 Å². The van der Waals surface area contributed by atoms with Crippen molar-refractivity contribution in [2.45, 2.75) is 39.3 Å². The predicted octanol–water partition coefficient (Wildman–Crippen LogP) is 2.04. The van der Waals surface area contributed by atoms with Crippen molar-refractivity contribution in [3.8, 4) is 0 Å². The molecule has 0 aliphatic carbocycles. The highest BCUT2D eigenvalue weighted by molar-refractivity contribution is 7.09. The van der Waals surface area contributed by atoms with Crippen LogP contribution in [0.25, 0.3) is 0 Å². The zero-order valence-corrected chi connectivity index (χ0v) is 13.2. The van der Waals surface area contributed by atoms with Crippen LogP contribution >= 0.6 is 22.7 Å². The van der Waals surface area contributed by atoms with Crippen molar-refractivity contribution in [3.63, 3.8) is 0 Å². The average molecular weight is 310 g/mol. The van der Waals surface area contributed by atoms with Crippen LogP contribution in [0, 0.1) is 0 Å². The van der Waals surface area contributed by atoms with E-state index in [0.29, 0.717) is 25.4 Å². The maximum atomic E-state index is 11.8. The molecule has 2 heterocycles. The fraction of sp³-hybridized carbons (Fsp3) is 0.462. The molecule has 0 saturated heterocycles. The lowest BCUT2D eigenvalue weighted by Gasteiger charge is -2.01. The van der Waals surface area contributed by atoms with E-state index in [1.165, 1.54) is 11.3 Å². The molecule has 0 radical (unpaired) electrons. The van der Waals surface area contributed by atoms with Gasteiger partial charge < -0.3 is 11.1 Å². The summed E-state index contributed by atoms with van der Waals surface area (Å²) in [5, 5.41) is 8.58. The van der Waals surface area contributed by atoms with Gasteiger partial charge in [-0.2, -0.15) is 0 Å². The molecule has 0 spiro atoms. The number of thiazole rings is 2. The number of rotatable bonds is 6. The van der Waals surface area contributed by atoms with Crippen molar-refractivity contribution in [1.29, 1.82) is 0 Å². The number of hydrogen-bond acceptors (Lipinski definition) is 6. The van der Waals surface area contributed by atoms with Crippen LogP contribution in [0.5, 0.6) is 0 Å². The van der Waals surface area contributed by atoms with E-state index in [-0.39, 0.29) is 5.91 Å².